The van der Waals surface area contributed by atoms with E-state index in [1.54, 1.807) is 0 Å². The fourth-order valence-electron chi connectivity index (χ4n) is 1.61. The van der Waals surface area contributed by atoms with Gasteiger partial charge in [-0.1, -0.05) is 0 Å². The highest BCUT2D eigenvalue weighted by atomic mass is 35.5. The molecule has 1 saturated heterocycles. The molecule has 14 heavy (non-hydrogen) atoms. The fraction of sp³-hybridized carbons (Fsp3) is 0.900. The number of rotatable bonds is 3. The molecule has 1 N–H and O–H groups in total. The topological polar surface area (TPSA) is 40.5 Å². The molecule has 1 fully saturated rings. The molecule has 1 aliphatic heterocycles. The summed E-state index contributed by atoms with van der Waals surface area (Å²) in [6.07, 6.45) is 2.64. The van der Waals surface area contributed by atoms with Crippen LogP contribution in [0.3, 0.4) is 0 Å². The van der Waals surface area contributed by atoms with E-state index in [-0.39, 0.29) is 5.91 Å². The summed E-state index contributed by atoms with van der Waals surface area (Å²) < 4.78 is 0. The molecule has 0 aromatic heterocycles. The maximum Gasteiger partial charge on any atom is 0.222 e. The Morgan fingerprint density at radius 1 is 1.50 bits per heavy atom. The van der Waals surface area contributed by atoms with Gasteiger partial charge in [-0.05, 0) is 26.2 Å². The number of carbonyl (C=O) groups is 1. The lowest BCUT2D eigenvalue weighted by molar-refractivity contribution is -0.134. The monoisotopic (exact) mass is 219 g/mol. The Morgan fingerprint density at radius 3 is 2.57 bits per heavy atom. The van der Waals surface area contributed by atoms with Gasteiger partial charge in [0.05, 0.1) is 5.60 Å². The predicted molar refractivity (Wildman–Crippen MR) is 56.4 cm³/mol. The van der Waals surface area contributed by atoms with Gasteiger partial charge >= 0.3 is 0 Å². The van der Waals surface area contributed by atoms with Crippen LogP contribution < -0.4 is 0 Å². The Morgan fingerprint density at radius 2 is 2.07 bits per heavy atom. The van der Waals surface area contributed by atoms with Gasteiger partial charge in [0.15, 0.2) is 0 Å². The van der Waals surface area contributed by atoms with Crippen molar-refractivity contribution in [1.82, 2.24) is 4.90 Å². The van der Waals surface area contributed by atoms with Crippen molar-refractivity contribution in [3.63, 3.8) is 0 Å². The van der Waals surface area contributed by atoms with Crippen molar-refractivity contribution in [2.75, 3.05) is 19.0 Å². The lowest BCUT2D eigenvalue weighted by Gasteiger charge is -2.35. The lowest BCUT2D eigenvalue weighted by atomic mass is 9.94. The standard InChI is InChI=1S/C10H18ClNO2/c1-10(14)4-7-12(8-5-10)9(13)3-2-6-11/h14H,2-8H2,1H3. The van der Waals surface area contributed by atoms with Gasteiger partial charge in [-0.25, -0.2) is 0 Å². The molecule has 0 bridgehead atoms. The maximum atomic E-state index is 11.6. The van der Waals surface area contributed by atoms with Crippen LogP contribution in [0.5, 0.6) is 0 Å². The Hall–Kier alpha value is -0.280. The zero-order valence-corrected chi connectivity index (χ0v) is 9.39. The van der Waals surface area contributed by atoms with Crippen LogP contribution in [0, 0.1) is 0 Å². The van der Waals surface area contributed by atoms with Crippen LogP contribution >= 0.6 is 11.6 Å². The largest absolute Gasteiger partial charge is 0.390 e. The summed E-state index contributed by atoms with van der Waals surface area (Å²) in [7, 11) is 0. The minimum absolute atomic E-state index is 0.168. The van der Waals surface area contributed by atoms with E-state index < -0.39 is 5.60 Å². The number of hydrogen-bond acceptors (Lipinski definition) is 2. The molecule has 1 aliphatic rings. The third kappa shape index (κ3) is 3.46. The molecule has 0 aromatic rings. The Kier molecular flexibility index (Phi) is 4.20. The molecule has 0 radical (unpaired) electrons. The van der Waals surface area contributed by atoms with Crippen LogP contribution in [-0.4, -0.2) is 40.5 Å². The van der Waals surface area contributed by atoms with Crippen LogP contribution in [0.15, 0.2) is 0 Å². The first-order chi connectivity index (χ1) is 6.55. The van der Waals surface area contributed by atoms with E-state index in [9.17, 15) is 9.90 Å². The Labute approximate surface area is 90.0 Å². The van der Waals surface area contributed by atoms with E-state index in [4.69, 9.17) is 11.6 Å². The summed E-state index contributed by atoms with van der Waals surface area (Å²) in [5.41, 5.74) is -0.580. The van der Waals surface area contributed by atoms with Gasteiger partial charge in [-0.2, -0.15) is 0 Å². The number of hydrogen-bond donors (Lipinski definition) is 1. The van der Waals surface area contributed by atoms with Crippen LogP contribution in [0.1, 0.15) is 32.6 Å². The fourth-order valence-corrected chi connectivity index (χ4v) is 1.75. The molecule has 0 spiro atoms. The van der Waals surface area contributed by atoms with Crippen molar-refractivity contribution >= 4 is 17.5 Å². The van der Waals surface area contributed by atoms with Crippen LogP contribution in [0.2, 0.25) is 0 Å². The minimum atomic E-state index is -0.580. The molecule has 82 valence electrons. The van der Waals surface area contributed by atoms with E-state index in [1.807, 2.05) is 11.8 Å². The average Bonchev–Trinajstić information content (AvgIpc) is 2.14. The molecule has 0 atom stereocenters. The molecule has 1 rings (SSSR count). The number of amides is 1. The molecule has 1 heterocycles. The SMILES string of the molecule is CC1(O)CCN(C(=O)CCCCl)CC1. The predicted octanol–water partition coefficient (Wildman–Crippen LogP) is 1.38. The quantitative estimate of drug-likeness (QED) is 0.729. The molecule has 0 aliphatic carbocycles. The van der Waals surface area contributed by atoms with Crippen molar-refractivity contribution in [1.29, 1.82) is 0 Å². The Balaban J connectivity index is 2.30. The summed E-state index contributed by atoms with van der Waals surface area (Å²) in [6, 6.07) is 0. The summed E-state index contributed by atoms with van der Waals surface area (Å²) in [5.74, 6) is 0.707. The van der Waals surface area contributed by atoms with E-state index in [2.05, 4.69) is 0 Å². The average molecular weight is 220 g/mol. The number of aliphatic hydroxyl groups is 1. The van der Waals surface area contributed by atoms with Crippen molar-refractivity contribution in [2.24, 2.45) is 0 Å². The summed E-state index contributed by atoms with van der Waals surface area (Å²) in [6.45, 7) is 3.18. The molecular weight excluding hydrogens is 202 g/mol. The van der Waals surface area contributed by atoms with Crippen molar-refractivity contribution in [3.05, 3.63) is 0 Å². The minimum Gasteiger partial charge on any atom is -0.390 e. The zero-order chi connectivity index (χ0) is 10.6. The van der Waals surface area contributed by atoms with Gasteiger partial charge < -0.3 is 10.0 Å². The molecular formula is C10H18ClNO2. The third-order valence-electron chi connectivity index (χ3n) is 2.72. The summed E-state index contributed by atoms with van der Waals surface area (Å²) in [4.78, 5) is 13.4. The van der Waals surface area contributed by atoms with E-state index in [0.29, 0.717) is 38.2 Å². The van der Waals surface area contributed by atoms with Crippen LogP contribution in [0.4, 0.5) is 0 Å². The van der Waals surface area contributed by atoms with Crippen LogP contribution in [0.25, 0.3) is 0 Å². The van der Waals surface area contributed by atoms with Crippen molar-refractivity contribution in [2.45, 2.75) is 38.2 Å². The van der Waals surface area contributed by atoms with E-state index in [0.717, 1.165) is 6.42 Å². The van der Waals surface area contributed by atoms with Crippen LogP contribution in [-0.2, 0) is 4.79 Å². The van der Waals surface area contributed by atoms with E-state index >= 15 is 0 Å². The smallest absolute Gasteiger partial charge is 0.222 e. The Bertz CT molecular complexity index is 196. The molecule has 0 aromatic carbocycles. The van der Waals surface area contributed by atoms with Gasteiger partial charge in [0.2, 0.25) is 5.91 Å². The van der Waals surface area contributed by atoms with Gasteiger partial charge in [-0.15, -0.1) is 11.6 Å². The molecule has 0 saturated carbocycles. The van der Waals surface area contributed by atoms with Gasteiger partial charge in [-0.3, -0.25) is 4.79 Å². The number of nitrogens with zero attached hydrogens (tertiary/aromatic N) is 1. The number of halogens is 1. The zero-order valence-electron chi connectivity index (χ0n) is 8.63. The number of piperidine rings is 1. The highest BCUT2D eigenvalue weighted by molar-refractivity contribution is 6.17. The first-order valence-electron chi connectivity index (χ1n) is 5.11. The van der Waals surface area contributed by atoms with Gasteiger partial charge in [0, 0.05) is 25.4 Å². The normalized spacial score (nSPS) is 20.9. The molecule has 4 heteroatoms. The highest BCUT2D eigenvalue weighted by Gasteiger charge is 2.28. The number of alkyl halides is 1. The maximum absolute atomic E-state index is 11.6. The summed E-state index contributed by atoms with van der Waals surface area (Å²) in [5, 5.41) is 9.69. The van der Waals surface area contributed by atoms with Crippen molar-refractivity contribution in [3.8, 4) is 0 Å². The second kappa shape index (κ2) is 4.99. The third-order valence-corrected chi connectivity index (χ3v) is 2.98. The number of likely N-dealkylation sites (tertiary alicyclic amines) is 1. The van der Waals surface area contributed by atoms with E-state index in [1.165, 1.54) is 0 Å². The van der Waals surface area contributed by atoms with Crippen molar-refractivity contribution < 1.29 is 9.90 Å². The molecule has 1 amide bonds. The second-order valence-corrected chi connectivity index (χ2v) is 4.55. The number of carbonyl (C=O) groups excluding carboxylic acids is 1. The highest BCUT2D eigenvalue weighted by Crippen LogP contribution is 2.21. The van der Waals surface area contributed by atoms with Gasteiger partial charge in [0.25, 0.3) is 0 Å². The second-order valence-electron chi connectivity index (χ2n) is 4.17. The first-order valence-corrected chi connectivity index (χ1v) is 5.65. The lowest BCUT2D eigenvalue weighted by Crippen LogP contribution is -2.45. The summed E-state index contributed by atoms with van der Waals surface area (Å²) >= 11 is 5.52. The first kappa shape index (κ1) is 11.8. The molecule has 3 nitrogen and oxygen atoms in total. The molecule has 0 unspecified atom stereocenters. The van der Waals surface area contributed by atoms with Gasteiger partial charge in [0.1, 0.15) is 0 Å².